The molecule has 1 aliphatic rings. The molecule has 0 radical (unpaired) electrons. The zero-order chi connectivity index (χ0) is 17.5. The predicted octanol–water partition coefficient (Wildman–Crippen LogP) is 3.90. The van der Waals surface area contributed by atoms with Gasteiger partial charge in [-0.1, -0.05) is 48.5 Å². The number of likely N-dealkylation sites (N-methyl/N-ethyl adjacent to an activating group) is 1. The maximum atomic E-state index is 12.6. The molecule has 0 aliphatic carbocycles. The van der Waals surface area contributed by atoms with Gasteiger partial charge in [0.2, 0.25) is 5.91 Å². The van der Waals surface area contributed by atoms with E-state index >= 15 is 0 Å². The smallest absolute Gasteiger partial charge is 0.232 e. The van der Waals surface area contributed by atoms with Crippen molar-refractivity contribution in [3.63, 3.8) is 0 Å². The number of amides is 1. The van der Waals surface area contributed by atoms with Crippen LogP contribution in [0.3, 0.4) is 0 Å². The fourth-order valence-corrected chi connectivity index (χ4v) is 4.12. The number of hydrogen-bond donors (Lipinski definition) is 0. The summed E-state index contributed by atoms with van der Waals surface area (Å²) in [6.07, 6.45) is 2.25. The standard InChI is InChI=1S/C21H26N2OS/c1-22(15-18-9-4-2-5-10-18)19-11-8-14-23(16-19)21(24)17-25-20-12-6-3-7-13-20/h2-7,9-10,12-13,19H,8,11,14-17H2,1H3/t19-/m1/s1. The number of likely N-dealkylation sites (tertiary alicyclic amines) is 1. The summed E-state index contributed by atoms with van der Waals surface area (Å²) < 4.78 is 0. The number of carbonyl (C=O) groups is 1. The van der Waals surface area contributed by atoms with E-state index < -0.39 is 0 Å². The van der Waals surface area contributed by atoms with Gasteiger partial charge in [0, 0.05) is 30.6 Å². The Balaban J connectivity index is 1.50. The predicted molar refractivity (Wildman–Crippen MR) is 105 cm³/mol. The van der Waals surface area contributed by atoms with Crippen molar-refractivity contribution in [3.05, 3.63) is 66.2 Å². The first-order valence-electron chi connectivity index (χ1n) is 8.92. The molecule has 0 saturated carbocycles. The summed E-state index contributed by atoms with van der Waals surface area (Å²) in [5.41, 5.74) is 1.33. The van der Waals surface area contributed by atoms with Gasteiger partial charge in [0.15, 0.2) is 0 Å². The second-order valence-electron chi connectivity index (χ2n) is 6.64. The van der Waals surface area contributed by atoms with E-state index in [1.807, 2.05) is 23.1 Å². The molecule has 0 N–H and O–H groups in total. The Kier molecular flexibility index (Phi) is 6.54. The van der Waals surface area contributed by atoms with Crippen LogP contribution < -0.4 is 0 Å². The topological polar surface area (TPSA) is 23.6 Å². The highest BCUT2D eigenvalue weighted by Crippen LogP contribution is 2.21. The van der Waals surface area contributed by atoms with E-state index in [-0.39, 0.29) is 5.91 Å². The lowest BCUT2D eigenvalue weighted by atomic mass is 10.0. The molecule has 4 heteroatoms. The minimum absolute atomic E-state index is 0.256. The Morgan fingerprint density at radius 1 is 1.12 bits per heavy atom. The quantitative estimate of drug-likeness (QED) is 0.735. The van der Waals surface area contributed by atoms with Crippen LogP contribution in [0.2, 0.25) is 0 Å². The van der Waals surface area contributed by atoms with Crippen LogP contribution in [0.15, 0.2) is 65.6 Å². The number of benzene rings is 2. The SMILES string of the molecule is CN(Cc1ccccc1)[C@@H]1CCCN(C(=O)CSc2ccccc2)C1. The number of hydrogen-bond acceptors (Lipinski definition) is 3. The molecule has 0 spiro atoms. The normalized spacial score (nSPS) is 17.7. The van der Waals surface area contributed by atoms with Gasteiger partial charge in [-0.25, -0.2) is 0 Å². The lowest BCUT2D eigenvalue weighted by Crippen LogP contribution is -2.48. The van der Waals surface area contributed by atoms with Crippen LogP contribution in [0.5, 0.6) is 0 Å². The molecule has 1 fully saturated rings. The molecule has 132 valence electrons. The average molecular weight is 355 g/mol. The minimum atomic E-state index is 0.256. The van der Waals surface area contributed by atoms with Gasteiger partial charge >= 0.3 is 0 Å². The third kappa shape index (κ3) is 5.35. The van der Waals surface area contributed by atoms with Crippen molar-refractivity contribution in [2.45, 2.75) is 30.3 Å². The lowest BCUT2D eigenvalue weighted by Gasteiger charge is -2.37. The van der Waals surface area contributed by atoms with Crippen molar-refractivity contribution in [1.29, 1.82) is 0 Å². The van der Waals surface area contributed by atoms with Crippen LogP contribution in [0.25, 0.3) is 0 Å². The monoisotopic (exact) mass is 354 g/mol. The number of carbonyl (C=O) groups excluding carboxylic acids is 1. The summed E-state index contributed by atoms with van der Waals surface area (Å²) >= 11 is 1.63. The third-order valence-corrected chi connectivity index (χ3v) is 5.75. The molecule has 1 amide bonds. The van der Waals surface area contributed by atoms with Crippen molar-refractivity contribution in [2.24, 2.45) is 0 Å². The summed E-state index contributed by atoms with van der Waals surface area (Å²) in [7, 11) is 2.17. The zero-order valence-corrected chi connectivity index (χ0v) is 15.6. The van der Waals surface area contributed by atoms with Gasteiger partial charge in [-0.05, 0) is 37.6 Å². The summed E-state index contributed by atoms with van der Waals surface area (Å²) in [6, 6.07) is 21.1. The Morgan fingerprint density at radius 2 is 1.80 bits per heavy atom. The van der Waals surface area contributed by atoms with E-state index in [1.165, 1.54) is 12.0 Å². The fourth-order valence-electron chi connectivity index (χ4n) is 3.29. The first kappa shape index (κ1) is 18.0. The highest BCUT2D eigenvalue weighted by Gasteiger charge is 2.26. The van der Waals surface area contributed by atoms with Crippen LogP contribution in [0.1, 0.15) is 18.4 Å². The summed E-state index contributed by atoms with van der Waals surface area (Å²) in [6.45, 7) is 2.67. The molecular weight excluding hydrogens is 328 g/mol. The summed E-state index contributed by atoms with van der Waals surface area (Å²) in [4.78, 5) is 18.2. The number of piperidine rings is 1. The van der Waals surface area contributed by atoms with Crippen LogP contribution in [-0.4, -0.2) is 47.6 Å². The van der Waals surface area contributed by atoms with Gasteiger partial charge in [-0.3, -0.25) is 9.69 Å². The molecule has 0 unspecified atom stereocenters. The molecule has 2 aromatic rings. The number of nitrogens with zero attached hydrogens (tertiary/aromatic N) is 2. The van der Waals surface area contributed by atoms with Gasteiger partial charge < -0.3 is 4.90 Å². The van der Waals surface area contributed by atoms with Gasteiger partial charge in [0.05, 0.1) is 5.75 Å². The van der Waals surface area contributed by atoms with Gasteiger partial charge in [-0.2, -0.15) is 0 Å². The van der Waals surface area contributed by atoms with Crippen molar-refractivity contribution < 1.29 is 4.79 Å². The van der Waals surface area contributed by atoms with E-state index in [4.69, 9.17) is 0 Å². The number of thioether (sulfide) groups is 1. The van der Waals surface area contributed by atoms with Gasteiger partial charge in [-0.15, -0.1) is 11.8 Å². The van der Waals surface area contributed by atoms with Gasteiger partial charge in [0.1, 0.15) is 0 Å². The van der Waals surface area contributed by atoms with E-state index in [1.54, 1.807) is 11.8 Å². The lowest BCUT2D eigenvalue weighted by molar-refractivity contribution is -0.130. The van der Waals surface area contributed by atoms with Gasteiger partial charge in [0.25, 0.3) is 0 Å². The Morgan fingerprint density at radius 3 is 2.52 bits per heavy atom. The number of rotatable bonds is 6. The maximum Gasteiger partial charge on any atom is 0.232 e. The average Bonchev–Trinajstić information content (AvgIpc) is 2.68. The minimum Gasteiger partial charge on any atom is -0.340 e. The Hall–Kier alpha value is -1.78. The second-order valence-corrected chi connectivity index (χ2v) is 7.69. The molecule has 2 aromatic carbocycles. The Bertz CT molecular complexity index is 662. The summed E-state index contributed by atoms with van der Waals surface area (Å²) in [5, 5.41) is 0. The summed E-state index contributed by atoms with van der Waals surface area (Å²) in [5.74, 6) is 0.783. The van der Waals surface area contributed by atoms with Crippen molar-refractivity contribution in [2.75, 3.05) is 25.9 Å². The second kappa shape index (κ2) is 9.07. The molecule has 1 saturated heterocycles. The van der Waals surface area contributed by atoms with Crippen molar-refractivity contribution >= 4 is 17.7 Å². The highest BCUT2D eigenvalue weighted by molar-refractivity contribution is 8.00. The highest BCUT2D eigenvalue weighted by atomic mass is 32.2. The van der Waals surface area contributed by atoms with Crippen LogP contribution >= 0.6 is 11.8 Å². The maximum absolute atomic E-state index is 12.6. The molecule has 0 aromatic heterocycles. The molecule has 25 heavy (non-hydrogen) atoms. The first-order chi connectivity index (χ1) is 12.2. The molecular formula is C21H26N2OS. The van der Waals surface area contributed by atoms with Crippen LogP contribution in [-0.2, 0) is 11.3 Å². The first-order valence-corrected chi connectivity index (χ1v) is 9.91. The van der Waals surface area contributed by atoms with Crippen molar-refractivity contribution in [1.82, 2.24) is 9.80 Å². The molecule has 0 bridgehead atoms. The molecule has 3 nitrogen and oxygen atoms in total. The molecule has 3 rings (SSSR count). The molecule has 1 aliphatic heterocycles. The Labute approximate surface area is 155 Å². The van der Waals surface area contributed by atoms with Crippen LogP contribution in [0, 0.1) is 0 Å². The van der Waals surface area contributed by atoms with E-state index in [9.17, 15) is 4.79 Å². The van der Waals surface area contributed by atoms with Crippen LogP contribution in [0.4, 0.5) is 0 Å². The van der Waals surface area contributed by atoms with Crippen molar-refractivity contribution in [3.8, 4) is 0 Å². The van der Waals surface area contributed by atoms with E-state index in [0.29, 0.717) is 11.8 Å². The van der Waals surface area contributed by atoms with E-state index in [2.05, 4.69) is 54.4 Å². The molecule has 1 atom stereocenters. The fraction of sp³-hybridized carbons (Fsp3) is 0.381. The third-order valence-electron chi connectivity index (χ3n) is 4.75. The largest absolute Gasteiger partial charge is 0.340 e. The zero-order valence-electron chi connectivity index (χ0n) is 14.8. The molecule has 1 heterocycles. The van der Waals surface area contributed by atoms with E-state index in [0.717, 1.165) is 31.0 Å².